The Balaban J connectivity index is 2.60. The van der Waals surface area contributed by atoms with E-state index in [2.05, 4.69) is 18.7 Å². The van der Waals surface area contributed by atoms with Gasteiger partial charge in [0.15, 0.2) is 0 Å². The highest BCUT2D eigenvalue weighted by molar-refractivity contribution is 5.81. The van der Waals surface area contributed by atoms with Crippen molar-refractivity contribution in [2.75, 3.05) is 6.54 Å². The molecule has 2 nitrogen and oxygen atoms in total. The van der Waals surface area contributed by atoms with Crippen LogP contribution in [0.3, 0.4) is 0 Å². The fraction of sp³-hybridized carbons (Fsp3) is 0.917. The summed E-state index contributed by atoms with van der Waals surface area (Å²) in [4.78, 5) is 13.7. The number of hydrogen-bond acceptors (Lipinski definition) is 2. The Morgan fingerprint density at radius 1 is 1.50 bits per heavy atom. The second-order valence-corrected chi connectivity index (χ2v) is 4.68. The van der Waals surface area contributed by atoms with Gasteiger partial charge >= 0.3 is 0 Å². The van der Waals surface area contributed by atoms with Crippen molar-refractivity contribution in [2.45, 2.75) is 59.0 Å². The number of carbonyl (C=O) groups excluding carboxylic acids is 1. The van der Waals surface area contributed by atoms with E-state index in [0.29, 0.717) is 11.8 Å². The standard InChI is InChI=1S/C12H23NO/c1-5-12-7-6-9(2)13(8-12)10(3)11(4)14/h9-10,12H,5-8H2,1-4H3/t9-,10?,12+/m0/s1. The van der Waals surface area contributed by atoms with Crippen molar-refractivity contribution in [3.8, 4) is 0 Å². The molecular formula is C12H23NO. The summed E-state index contributed by atoms with van der Waals surface area (Å²) in [5.74, 6) is 1.10. The molecule has 0 bridgehead atoms. The molecular weight excluding hydrogens is 174 g/mol. The van der Waals surface area contributed by atoms with Gasteiger partial charge in [-0.3, -0.25) is 9.69 Å². The van der Waals surface area contributed by atoms with Gasteiger partial charge in [0.05, 0.1) is 6.04 Å². The summed E-state index contributed by atoms with van der Waals surface area (Å²) in [6.07, 6.45) is 3.82. The van der Waals surface area contributed by atoms with Crippen molar-refractivity contribution in [2.24, 2.45) is 5.92 Å². The van der Waals surface area contributed by atoms with Crippen molar-refractivity contribution in [1.82, 2.24) is 4.90 Å². The lowest BCUT2D eigenvalue weighted by atomic mass is 9.90. The van der Waals surface area contributed by atoms with Gasteiger partial charge in [-0.2, -0.15) is 0 Å². The molecule has 0 aromatic carbocycles. The van der Waals surface area contributed by atoms with Crippen molar-refractivity contribution in [1.29, 1.82) is 0 Å². The lowest BCUT2D eigenvalue weighted by Gasteiger charge is -2.40. The van der Waals surface area contributed by atoms with Gasteiger partial charge in [-0.05, 0) is 39.5 Å². The minimum absolute atomic E-state index is 0.111. The smallest absolute Gasteiger partial charge is 0.146 e. The number of rotatable bonds is 3. The minimum Gasteiger partial charge on any atom is -0.298 e. The van der Waals surface area contributed by atoms with E-state index in [1.54, 1.807) is 6.92 Å². The van der Waals surface area contributed by atoms with Crippen LogP contribution in [0, 0.1) is 5.92 Å². The fourth-order valence-corrected chi connectivity index (χ4v) is 2.32. The summed E-state index contributed by atoms with van der Waals surface area (Å²) < 4.78 is 0. The largest absolute Gasteiger partial charge is 0.298 e. The van der Waals surface area contributed by atoms with Crippen LogP contribution in [-0.4, -0.2) is 29.3 Å². The molecule has 1 heterocycles. The normalized spacial score (nSPS) is 31.4. The Morgan fingerprint density at radius 3 is 2.64 bits per heavy atom. The average molecular weight is 197 g/mol. The van der Waals surface area contributed by atoms with Gasteiger partial charge in [0, 0.05) is 12.6 Å². The van der Waals surface area contributed by atoms with Crippen molar-refractivity contribution in [3.05, 3.63) is 0 Å². The number of likely N-dealkylation sites (tertiary alicyclic amines) is 1. The molecule has 1 saturated heterocycles. The first-order valence-corrected chi connectivity index (χ1v) is 5.82. The molecule has 0 spiro atoms. The van der Waals surface area contributed by atoms with E-state index in [-0.39, 0.29) is 6.04 Å². The molecule has 1 aliphatic heterocycles. The van der Waals surface area contributed by atoms with Gasteiger partial charge in [0.1, 0.15) is 5.78 Å². The first-order valence-electron chi connectivity index (χ1n) is 5.82. The van der Waals surface area contributed by atoms with Gasteiger partial charge in [-0.25, -0.2) is 0 Å². The van der Waals surface area contributed by atoms with E-state index in [4.69, 9.17) is 0 Å². The lowest BCUT2D eigenvalue weighted by molar-refractivity contribution is -0.123. The number of piperidine rings is 1. The molecule has 3 atom stereocenters. The van der Waals surface area contributed by atoms with Crippen LogP contribution in [0.1, 0.15) is 47.0 Å². The SMILES string of the molecule is CC[C@@H]1CC[C@H](C)N(C(C)C(C)=O)C1. The summed E-state index contributed by atoms with van der Waals surface area (Å²) in [7, 11) is 0. The van der Waals surface area contributed by atoms with Crippen LogP contribution in [0.4, 0.5) is 0 Å². The Kier molecular flexibility index (Phi) is 4.11. The van der Waals surface area contributed by atoms with Gasteiger partial charge in [-0.15, -0.1) is 0 Å². The Hall–Kier alpha value is -0.370. The Morgan fingerprint density at radius 2 is 2.14 bits per heavy atom. The lowest BCUT2D eigenvalue weighted by Crippen LogP contribution is -2.49. The highest BCUT2D eigenvalue weighted by Gasteiger charge is 2.29. The summed E-state index contributed by atoms with van der Waals surface area (Å²) >= 11 is 0. The monoisotopic (exact) mass is 197 g/mol. The molecule has 0 radical (unpaired) electrons. The number of hydrogen-bond donors (Lipinski definition) is 0. The molecule has 2 heteroatoms. The molecule has 0 N–H and O–H groups in total. The van der Waals surface area contributed by atoms with Crippen molar-refractivity contribution < 1.29 is 4.79 Å². The van der Waals surface area contributed by atoms with E-state index in [1.165, 1.54) is 19.3 Å². The number of carbonyl (C=O) groups is 1. The summed E-state index contributed by atoms with van der Waals surface area (Å²) in [5.41, 5.74) is 0. The second-order valence-electron chi connectivity index (χ2n) is 4.68. The molecule has 0 aromatic heterocycles. The van der Waals surface area contributed by atoms with Crippen LogP contribution in [0.5, 0.6) is 0 Å². The highest BCUT2D eigenvalue weighted by Crippen LogP contribution is 2.25. The van der Waals surface area contributed by atoms with E-state index in [1.807, 2.05) is 6.92 Å². The Bertz CT molecular complexity index is 202. The fourth-order valence-electron chi connectivity index (χ4n) is 2.32. The molecule has 1 rings (SSSR count). The predicted octanol–water partition coefficient (Wildman–Crippen LogP) is 2.47. The van der Waals surface area contributed by atoms with Crippen LogP contribution in [0.15, 0.2) is 0 Å². The minimum atomic E-state index is 0.111. The van der Waals surface area contributed by atoms with E-state index in [0.717, 1.165) is 12.5 Å². The maximum atomic E-state index is 11.3. The molecule has 1 unspecified atom stereocenters. The van der Waals surface area contributed by atoms with Crippen LogP contribution in [0.2, 0.25) is 0 Å². The third-order valence-corrected chi connectivity index (χ3v) is 3.69. The topological polar surface area (TPSA) is 20.3 Å². The zero-order valence-electron chi connectivity index (χ0n) is 9.92. The molecule has 14 heavy (non-hydrogen) atoms. The first-order chi connectivity index (χ1) is 6.56. The zero-order valence-corrected chi connectivity index (χ0v) is 9.92. The zero-order chi connectivity index (χ0) is 10.7. The van der Waals surface area contributed by atoms with Crippen molar-refractivity contribution in [3.63, 3.8) is 0 Å². The third-order valence-electron chi connectivity index (χ3n) is 3.69. The molecule has 1 fully saturated rings. The van der Waals surface area contributed by atoms with E-state index < -0.39 is 0 Å². The maximum absolute atomic E-state index is 11.3. The second kappa shape index (κ2) is 4.92. The highest BCUT2D eigenvalue weighted by atomic mass is 16.1. The molecule has 0 amide bonds. The molecule has 0 saturated carbocycles. The van der Waals surface area contributed by atoms with Crippen LogP contribution >= 0.6 is 0 Å². The third kappa shape index (κ3) is 2.57. The number of Topliss-reactive ketones (excluding diaryl/α,β-unsaturated/α-hetero) is 1. The van der Waals surface area contributed by atoms with E-state index in [9.17, 15) is 4.79 Å². The number of nitrogens with zero attached hydrogens (tertiary/aromatic N) is 1. The summed E-state index contributed by atoms with van der Waals surface area (Å²) in [6, 6.07) is 0.691. The quantitative estimate of drug-likeness (QED) is 0.692. The van der Waals surface area contributed by atoms with Crippen molar-refractivity contribution >= 4 is 5.78 Å². The van der Waals surface area contributed by atoms with Crippen LogP contribution < -0.4 is 0 Å². The van der Waals surface area contributed by atoms with Gasteiger partial charge in [0.25, 0.3) is 0 Å². The summed E-state index contributed by atoms with van der Waals surface area (Å²) in [6.45, 7) is 9.34. The molecule has 0 aromatic rings. The van der Waals surface area contributed by atoms with E-state index >= 15 is 0 Å². The Labute approximate surface area is 87.7 Å². The predicted molar refractivity (Wildman–Crippen MR) is 59.3 cm³/mol. The summed E-state index contributed by atoms with van der Waals surface area (Å²) in [5, 5.41) is 0. The maximum Gasteiger partial charge on any atom is 0.146 e. The van der Waals surface area contributed by atoms with Gasteiger partial charge < -0.3 is 0 Å². The number of ketones is 1. The van der Waals surface area contributed by atoms with Crippen LogP contribution in [0.25, 0.3) is 0 Å². The molecule has 0 aliphatic carbocycles. The van der Waals surface area contributed by atoms with Gasteiger partial charge in [-0.1, -0.05) is 13.3 Å². The molecule has 82 valence electrons. The first kappa shape index (κ1) is 11.7. The molecule has 1 aliphatic rings. The van der Waals surface area contributed by atoms with Gasteiger partial charge in [0.2, 0.25) is 0 Å². The average Bonchev–Trinajstić information content (AvgIpc) is 2.17. The van der Waals surface area contributed by atoms with Crippen LogP contribution in [-0.2, 0) is 4.79 Å².